The number of amides is 1. The summed E-state index contributed by atoms with van der Waals surface area (Å²) in [4.78, 5) is 12.0. The van der Waals surface area contributed by atoms with Crippen LogP contribution < -0.4 is 16.4 Å². The van der Waals surface area contributed by atoms with Crippen molar-refractivity contribution in [3.63, 3.8) is 0 Å². The fourth-order valence-electron chi connectivity index (χ4n) is 3.13. The average Bonchev–Trinajstić information content (AvgIpc) is 2.32. The third-order valence-electron chi connectivity index (χ3n) is 4.58. The zero-order valence-corrected chi connectivity index (χ0v) is 13.7. The van der Waals surface area contributed by atoms with Gasteiger partial charge in [0.25, 0.3) is 0 Å². The second-order valence-corrected chi connectivity index (χ2v) is 7.75. The van der Waals surface area contributed by atoms with Crippen LogP contribution in [0.1, 0.15) is 65.7 Å². The summed E-state index contributed by atoms with van der Waals surface area (Å²) in [6.45, 7) is 6.52. The summed E-state index contributed by atoms with van der Waals surface area (Å²) >= 11 is 0. The Hall–Kier alpha value is -0.810. The molecule has 0 heterocycles. The number of ether oxygens (including phenoxy) is 1. The fourth-order valence-corrected chi connectivity index (χ4v) is 3.13. The maximum Gasteiger partial charge on any atom is 0.408 e. The molecule has 0 atom stereocenters. The van der Waals surface area contributed by atoms with Crippen molar-refractivity contribution < 1.29 is 9.53 Å². The van der Waals surface area contributed by atoms with Crippen LogP contribution in [0.5, 0.6) is 0 Å². The Kier molecular flexibility index (Phi) is 5.15. The Morgan fingerprint density at radius 3 is 2.33 bits per heavy atom. The summed E-state index contributed by atoms with van der Waals surface area (Å²) in [6, 6.07) is 0.920. The molecule has 0 radical (unpaired) electrons. The van der Waals surface area contributed by atoms with Crippen LogP contribution in [-0.4, -0.2) is 35.9 Å². The van der Waals surface area contributed by atoms with Crippen LogP contribution in [-0.2, 0) is 4.74 Å². The molecule has 4 N–H and O–H groups in total. The summed E-state index contributed by atoms with van der Waals surface area (Å²) in [6.07, 6.45) is 7.43. The molecule has 2 rings (SSSR count). The SMILES string of the molecule is CC(C)(C)OC(=O)NC1(CNC2CCC(N)CC2)CCC1. The lowest BCUT2D eigenvalue weighted by molar-refractivity contribution is 0.0377. The highest BCUT2D eigenvalue weighted by Gasteiger charge is 2.39. The van der Waals surface area contributed by atoms with Gasteiger partial charge in [-0.05, 0) is 65.7 Å². The first-order valence-corrected chi connectivity index (χ1v) is 8.28. The van der Waals surface area contributed by atoms with Crippen LogP contribution >= 0.6 is 0 Å². The smallest absolute Gasteiger partial charge is 0.408 e. The molecule has 5 nitrogen and oxygen atoms in total. The van der Waals surface area contributed by atoms with E-state index in [1.54, 1.807) is 0 Å². The third-order valence-corrected chi connectivity index (χ3v) is 4.58. The quantitative estimate of drug-likeness (QED) is 0.744. The van der Waals surface area contributed by atoms with Crippen molar-refractivity contribution >= 4 is 6.09 Å². The van der Waals surface area contributed by atoms with E-state index in [0.717, 1.165) is 45.1 Å². The largest absolute Gasteiger partial charge is 0.444 e. The van der Waals surface area contributed by atoms with E-state index in [0.29, 0.717) is 12.1 Å². The minimum absolute atomic E-state index is 0.109. The van der Waals surface area contributed by atoms with E-state index in [2.05, 4.69) is 10.6 Å². The summed E-state index contributed by atoms with van der Waals surface area (Å²) in [5.74, 6) is 0. The molecular weight excluding hydrogens is 266 g/mol. The molecule has 5 heteroatoms. The van der Waals surface area contributed by atoms with Gasteiger partial charge in [0, 0.05) is 18.6 Å². The summed E-state index contributed by atoms with van der Waals surface area (Å²) in [5.41, 5.74) is 5.39. The first-order valence-electron chi connectivity index (χ1n) is 8.28. The van der Waals surface area contributed by atoms with Crippen LogP contribution in [0.3, 0.4) is 0 Å². The Morgan fingerprint density at radius 1 is 1.24 bits per heavy atom. The highest BCUT2D eigenvalue weighted by atomic mass is 16.6. The van der Waals surface area contributed by atoms with E-state index in [1.165, 1.54) is 6.42 Å². The number of nitrogens with two attached hydrogens (primary N) is 1. The molecule has 0 saturated heterocycles. The van der Waals surface area contributed by atoms with E-state index < -0.39 is 5.60 Å². The molecule has 0 unspecified atom stereocenters. The van der Waals surface area contributed by atoms with Crippen molar-refractivity contribution in [3.05, 3.63) is 0 Å². The Bertz CT molecular complexity index is 353. The Labute approximate surface area is 128 Å². The van der Waals surface area contributed by atoms with Gasteiger partial charge in [-0.15, -0.1) is 0 Å². The topological polar surface area (TPSA) is 76.4 Å². The number of rotatable bonds is 4. The molecule has 1 amide bonds. The minimum atomic E-state index is -0.443. The van der Waals surface area contributed by atoms with Crippen molar-refractivity contribution in [1.29, 1.82) is 0 Å². The van der Waals surface area contributed by atoms with Crippen molar-refractivity contribution in [2.45, 2.75) is 88.9 Å². The predicted molar refractivity (Wildman–Crippen MR) is 84.2 cm³/mol. The molecule has 2 fully saturated rings. The van der Waals surface area contributed by atoms with Gasteiger partial charge < -0.3 is 21.1 Å². The van der Waals surface area contributed by atoms with Crippen LogP contribution in [0.15, 0.2) is 0 Å². The number of alkyl carbamates (subject to hydrolysis) is 1. The van der Waals surface area contributed by atoms with Crippen LogP contribution in [0.2, 0.25) is 0 Å². The first kappa shape index (κ1) is 16.6. The monoisotopic (exact) mass is 297 g/mol. The average molecular weight is 297 g/mol. The zero-order chi connectivity index (χ0) is 15.5. The maximum atomic E-state index is 12.0. The molecule has 0 aliphatic heterocycles. The molecule has 2 aliphatic carbocycles. The lowest BCUT2D eigenvalue weighted by Crippen LogP contribution is -2.61. The highest BCUT2D eigenvalue weighted by molar-refractivity contribution is 5.69. The summed E-state index contributed by atoms with van der Waals surface area (Å²) in [7, 11) is 0. The maximum absolute atomic E-state index is 12.0. The van der Waals surface area contributed by atoms with E-state index in [9.17, 15) is 4.79 Å². The Morgan fingerprint density at radius 2 is 1.86 bits per heavy atom. The van der Waals surface area contributed by atoms with Gasteiger partial charge in [0.15, 0.2) is 0 Å². The van der Waals surface area contributed by atoms with Crippen molar-refractivity contribution in [3.8, 4) is 0 Å². The van der Waals surface area contributed by atoms with Gasteiger partial charge in [0.05, 0.1) is 5.54 Å². The molecule has 0 spiro atoms. The van der Waals surface area contributed by atoms with Crippen molar-refractivity contribution in [2.24, 2.45) is 5.73 Å². The number of hydrogen-bond acceptors (Lipinski definition) is 4. The summed E-state index contributed by atoms with van der Waals surface area (Å²) in [5, 5.41) is 6.71. The lowest BCUT2D eigenvalue weighted by atomic mass is 9.76. The lowest BCUT2D eigenvalue weighted by Gasteiger charge is -2.44. The van der Waals surface area contributed by atoms with E-state index in [4.69, 9.17) is 10.5 Å². The molecule has 0 aromatic heterocycles. The zero-order valence-electron chi connectivity index (χ0n) is 13.7. The van der Waals surface area contributed by atoms with Crippen LogP contribution in [0, 0.1) is 0 Å². The van der Waals surface area contributed by atoms with Gasteiger partial charge >= 0.3 is 6.09 Å². The molecular formula is C16H31N3O2. The number of carbonyl (C=O) groups is 1. The van der Waals surface area contributed by atoms with Crippen LogP contribution in [0.25, 0.3) is 0 Å². The normalized spacial score (nSPS) is 28.6. The third kappa shape index (κ3) is 5.15. The molecule has 0 bridgehead atoms. The van der Waals surface area contributed by atoms with Gasteiger partial charge in [0.1, 0.15) is 5.60 Å². The molecule has 0 aromatic carbocycles. The van der Waals surface area contributed by atoms with Crippen LogP contribution in [0.4, 0.5) is 4.79 Å². The highest BCUT2D eigenvalue weighted by Crippen LogP contribution is 2.32. The van der Waals surface area contributed by atoms with Gasteiger partial charge in [-0.25, -0.2) is 4.79 Å². The predicted octanol–water partition coefficient (Wildman–Crippen LogP) is 2.29. The van der Waals surface area contributed by atoms with Gasteiger partial charge in [-0.1, -0.05) is 0 Å². The van der Waals surface area contributed by atoms with Gasteiger partial charge in [-0.3, -0.25) is 0 Å². The first-order chi connectivity index (χ1) is 9.78. The minimum Gasteiger partial charge on any atom is -0.444 e. The second kappa shape index (κ2) is 6.53. The Balaban J connectivity index is 1.77. The van der Waals surface area contributed by atoms with Gasteiger partial charge in [-0.2, -0.15) is 0 Å². The summed E-state index contributed by atoms with van der Waals surface area (Å²) < 4.78 is 5.38. The molecule has 21 heavy (non-hydrogen) atoms. The van der Waals surface area contributed by atoms with E-state index in [1.807, 2.05) is 20.8 Å². The molecule has 2 saturated carbocycles. The molecule has 122 valence electrons. The van der Waals surface area contributed by atoms with E-state index >= 15 is 0 Å². The number of nitrogens with one attached hydrogen (secondary N) is 2. The van der Waals surface area contributed by atoms with Crippen molar-refractivity contribution in [2.75, 3.05) is 6.54 Å². The molecule has 0 aromatic rings. The standard InChI is InChI=1S/C16H31N3O2/c1-15(2,3)21-14(20)19-16(9-4-10-16)11-18-13-7-5-12(17)6-8-13/h12-13,18H,4-11,17H2,1-3H3,(H,19,20). The fraction of sp³-hybridized carbons (Fsp3) is 0.938. The van der Waals surface area contributed by atoms with E-state index in [-0.39, 0.29) is 11.6 Å². The number of hydrogen-bond donors (Lipinski definition) is 3. The van der Waals surface area contributed by atoms with Crippen molar-refractivity contribution in [1.82, 2.24) is 10.6 Å². The van der Waals surface area contributed by atoms with Gasteiger partial charge in [0.2, 0.25) is 0 Å². The molecule has 2 aliphatic rings. The number of carbonyl (C=O) groups excluding carboxylic acids is 1. The second-order valence-electron chi connectivity index (χ2n) is 7.75.